The van der Waals surface area contributed by atoms with Gasteiger partial charge in [0.15, 0.2) is 23.0 Å². The standard InChI is InChI=1S/C51H62F4IN7O9S.C34H49FN6O7S/c1-30-44(73-29-58-30)32-11-9-31(10-12-32)39(60-47(67)40-26-34(64)28-63(40)48(68)45(50(2,3)4)61-49(69)51(55)17-18-51)27-41(65)57-19-22-71-24-23-70-20-7-5-6-8-21-72-62-46(66)35-14-15-36(52)42(54)43(35)59-38-16-13-33(56)25-37(38)53;1-21-28(49-20-38-21)23-7-5-22(6-8-23)25(18-27(43)37-12-14-48-16-15-47-13-11-36)39-30(44)26-17-24(42)19-41(26)31(45)29(33(2,3)4)40-32(46)34(35)9-10-34/h9-16,25,29,34,39-40,45,59,64H,5-8,17-24,26-28H2,1-4H3,(H,57,65)(H,60,67)(H,61,69)(H,62,66);5-8,20,24-26,29,42H,9-19,36H2,1-4H3,(H,37,43)(H,39,44)(H,40,46)/t34-,39+,40+,45?;24-,25+,26+,29?/m11/s1. The number of nitrogens with two attached hydrogens (primary N) is 1. The summed E-state index contributed by atoms with van der Waals surface area (Å²) in [5.74, 6) is -8.89. The van der Waals surface area contributed by atoms with Gasteiger partial charge in [0.2, 0.25) is 35.4 Å². The van der Waals surface area contributed by atoms with Crippen molar-refractivity contribution in [2.24, 2.45) is 16.6 Å². The molecule has 10 rings (SSSR count). The van der Waals surface area contributed by atoms with Crippen molar-refractivity contribution in [2.45, 2.75) is 192 Å². The summed E-state index contributed by atoms with van der Waals surface area (Å²) in [5.41, 5.74) is 9.42. The van der Waals surface area contributed by atoms with Gasteiger partial charge in [-0.05, 0) is 138 Å². The number of amides is 9. The van der Waals surface area contributed by atoms with E-state index in [1.165, 1.54) is 44.6 Å². The summed E-state index contributed by atoms with van der Waals surface area (Å²) in [6.07, 6.45) is 0.808. The molecule has 2 aliphatic heterocycles. The Morgan fingerprint density at radius 1 is 0.566 bits per heavy atom. The monoisotopic (exact) mass is 1860 g/mol. The van der Waals surface area contributed by atoms with E-state index >= 15 is 0 Å². The molecule has 2 saturated carbocycles. The number of hydrogen-bond acceptors (Lipinski definition) is 22. The number of aliphatic hydroxyl groups excluding tert-OH is 2. The van der Waals surface area contributed by atoms with E-state index in [9.17, 15) is 75.3 Å². The number of alkyl halides is 2. The van der Waals surface area contributed by atoms with E-state index in [1.54, 1.807) is 58.6 Å². The molecule has 8 atom stereocenters. The fraction of sp³-hybridized carbons (Fsp3) is 0.541. The lowest BCUT2D eigenvalue weighted by molar-refractivity contribution is -0.145. The number of thiazole rings is 2. The molecular formula is C85H111F5IN13O16S2. The number of carbonyl (C=O) groups is 9. The number of aryl methyl sites for hydroxylation is 2. The van der Waals surface area contributed by atoms with Crippen LogP contribution in [0.2, 0.25) is 0 Å². The summed E-state index contributed by atoms with van der Waals surface area (Å²) in [6, 6.07) is 14.7. The predicted octanol–water partition coefficient (Wildman–Crippen LogP) is 9.27. The Morgan fingerprint density at radius 3 is 1.41 bits per heavy atom. The number of nitrogens with one attached hydrogen (secondary N) is 8. The summed E-state index contributed by atoms with van der Waals surface area (Å²) in [4.78, 5) is 139. The Kier molecular flexibility index (Phi) is 36.0. The summed E-state index contributed by atoms with van der Waals surface area (Å²) in [5, 5.41) is 40.4. The molecule has 4 heterocycles. The number of anilines is 2. The number of rotatable bonds is 43. The molecule has 2 unspecified atom stereocenters. The predicted molar refractivity (Wildman–Crippen MR) is 456 cm³/mol. The first-order valence-electron chi connectivity index (χ1n) is 40.7. The third-order valence-electron chi connectivity index (χ3n) is 20.9. The lowest BCUT2D eigenvalue weighted by atomic mass is 9.85. The fourth-order valence-corrected chi connectivity index (χ4v) is 15.7. The van der Waals surface area contributed by atoms with Gasteiger partial charge in [0, 0.05) is 55.7 Å². The van der Waals surface area contributed by atoms with Gasteiger partial charge < -0.3 is 81.9 Å². The van der Waals surface area contributed by atoms with Crippen LogP contribution in [0.5, 0.6) is 0 Å². The van der Waals surface area contributed by atoms with Crippen LogP contribution in [0.15, 0.2) is 89.9 Å². The van der Waals surface area contributed by atoms with Crippen LogP contribution >= 0.6 is 45.3 Å². The van der Waals surface area contributed by atoms with Crippen molar-refractivity contribution < 1.29 is 99.1 Å². The molecule has 4 aromatic carbocycles. The first kappa shape index (κ1) is 97.0. The van der Waals surface area contributed by atoms with Gasteiger partial charge in [-0.15, -0.1) is 22.7 Å². The number of aromatic nitrogens is 2. The van der Waals surface area contributed by atoms with Crippen molar-refractivity contribution >= 4 is 110 Å². The molecule has 0 radical (unpaired) electrons. The summed E-state index contributed by atoms with van der Waals surface area (Å²) in [7, 11) is 0. The van der Waals surface area contributed by atoms with E-state index in [4.69, 9.17) is 29.5 Å². The summed E-state index contributed by atoms with van der Waals surface area (Å²) in [6.45, 7) is 17.6. The maximum atomic E-state index is 14.7. The van der Waals surface area contributed by atoms with Crippen LogP contribution in [0.25, 0.3) is 20.9 Å². The van der Waals surface area contributed by atoms with E-state index in [-0.39, 0.29) is 127 Å². The molecule has 4 aliphatic rings. The smallest absolute Gasteiger partial charge is 0.277 e. The second kappa shape index (κ2) is 45.2. The second-order valence-corrected chi connectivity index (χ2v) is 35.7. The topological polar surface area (TPSA) is 395 Å². The van der Waals surface area contributed by atoms with Gasteiger partial charge in [-0.2, -0.15) is 0 Å². The van der Waals surface area contributed by atoms with Gasteiger partial charge in [0.1, 0.15) is 30.0 Å². The minimum absolute atomic E-state index is 0.0374. The molecule has 2 saturated heterocycles. The molecule has 666 valence electrons. The lowest BCUT2D eigenvalue weighted by Gasteiger charge is -2.36. The zero-order valence-corrected chi connectivity index (χ0v) is 73.5. The highest BCUT2D eigenvalue weighted by Gasteiger charge is 2.55. The fourth-order valence-electron chi connectivity index (χ4n) is 13.6. The van der Waals surface area contributed by atoms with Gasteiger partial charge in [-0.1, -0.05) is 103 Å². The molecule has 12 N–H and O–H groups in total. The maximum Gasteiger partial charge on any atom is 0.277 e. The van der Waals surface area contributed by atoms with Gasteiger partial charge >= 0.3 is 0 Å². The number of benzene rings is 4. The molecule has 29 nitrogen and oxygen atoms in total. The van der Waals surface area contributed by atoms with E-state index < -0.39 is 135 Å². The van der Waals surface area contributed by atoms with E-state index in [2.05, 4.69) is 52.7 Å². The highest BCUT2D eigenvalue weighted by Crippen LogP contribution is 2.43. The molecule has 6 aromatic rings. The van der Waals surface area contributed by atoms with Crippen molar-refractivity contribution in [3.05, 3.63) is 139 Å². The number of nitrogens with zero attached hydrogens (tertiary/aromatic N) is 4. The minimum Gasteiger partial charge on any atom is -0.391 e. The lowest BCUT2D eigenvalue weighted by Crippen LogP contribution is -2.59. The number of carbonyl (C=O) groups excluding carboxylic acids is 9. The molecule has 4 fully saturated rings. The Balaban J connectivity index is 0.000000300. The molecule has 2 aromatic heterocycles. The molecule has 0 spiro atoms. The third-order valence-corrected chi connectivity index (χ3v) is 23.5. The van der Waals surface area contributed by atoms with Crippen LogP contribution in [0.1, 0.15) is 164 Å². The second-order valence-electron chi connectivity index (χ2n) is 32.7. The molecule has 122 heavy (non-hydrogen) atoms. The molecular weight excluding hydrogens is 1750 g/mol. The van der Waals surface area contributed by atoms with Gasteiger partial charge in [0.25, 0.3) is 17.7 Å². The van der Waals surface area contributed by atoms with Crippen molar-refractivity contribution in [1.82, 2.24) is 57.1 Å². The highest BCUT2D eigenvalue weighted by molar-refractivity contribution is 14.1. The molecule has 2 aliphatic carbocycles. The van der Waals surface area contributed by atoms with E-state index in [0.717, 1.165) is 63.7 Å². The Labute approximate surface area is 727 Å². The quantitative estimate of drug-likeness (QED) is 0.00734. The van der Waals surface area contributed by atoms with Crippen LogP contribution in [0, 0.1) is 45.7 Å². The Hall–Kier alpha value is -8.77. The zero-order valence-electron chi connectivity index (χ0n) is 69.7. The summed E-state index contributed by atoms with van der Waals surface area (Å²) < 4.78 is 95.1. The number of ether oxygens (including phenoxy) is 4. The van der Waals surface area contributed by atoms with Crippen LogP contribution in [0.3, 0.4) is 0 Å². The SMILES string of the molecule is Cc1ncsc1-c1ccc([C@H](CC(=O)NCCOCCOCCCCCCONC(=O)c2ccc(F)c(F)c2Nc2ccc(I)cc2F)NC(=O)[C@@H]2C[C@@H](O)CN2C(=O)C(NC(=O)C2(F)CC2)C(C)(C)C)cc1.Cc1ncsc1-c1ccc([C@H](CC(=O)NCCOCCOCCN)NC(=O)[C@@H]2C[C@@H](O)CN2C(=O)C(NC(=O)C2(F)CC2)C(C)(C)C)cc1. The van der Waals surface area contributed by atoms with Crippen LogP contribution in [-0.2, 0) is 62.1 Å². The van der Waals surface area contributed by atoms with Crippen LogP contribution in [0.4, 0.5) is 33.3 Å². The van der Waals surface area contributed by atoms with Crippen molar-refractivity contribution in [3.63, 3.8) is 0 Å². The van der Waals surface area contributed by atoms with Crippen LogP contribution < -0.4 is 48.4 Å². The van der Waals surface area contributed by atoms with Gasteiger partial charge in [0.05, 0.1) is 139 Å². The number of unbranched alkanes of at least 4 members (excludes halogenated alkanes) is 3. The number of β-amino-alcohol motifs (C(OH)–C–C–N with tert-alkyl or cyclic N) is 2. The zero-order chi connectivity index (χ0) is 88.6. The van der Waals surface area contributed by atoms with Crippen LogP contribution in [-0.4, -0.2) is 223 Å². The first-order chi connectivity index (χ1) is 58.0. The average molecular weight is 1860 g/mol. The average Bonchev–Trinajstić information content (AvgIpc) is 1.24. The Bertz CT molecular complexity index is 4550. The minimum atomic E-state index is -2.02. The normalized spacial score (nSPS) is 18.0. The number of aliphatic hydroxyl groups is 2. The molecule has 9 amide bonds. The van der Waals surface area contributed by atoms with Crippen molar-refractivity contribution in [2.75, 3.05) is 97.5 Å². The van der Waals surface area contributed by atoms with Gasteiger partial charge in [-0.3, -0.25) is 48.0 Å². The van der Waals surface area contributed by atoms with Gasteiger partial charge in [-0.25, -0.2) is 37.4 Å². The third kappa shape index (κ3) is 28.1. The number of halogens is 6. The number of hydroxylamine groups is 1. The Morgan fingerprint density at radius 2 is 1.00 bits per heavy atom. The number of hydrogen-bond donors (Lipinski definition) is 11. The molecule has 0 bridgehead atoms. The summed E-state index contributed by atoms with van der Waals surface area (Å²) >= 11 is 4.91. The maximum absolute atomic E-state index is 14.7. The van der Waals surface area contributed by atoms with Crippen molar-refractivity contribution in [3.8, 4) is 20.9 Å². The van der Waals surface area contributed by atoms with E-state index in [1.807, 2.05) is 85.0 Å². The van der Waals surface area contributed by atoms with E-state index in [0.29, 0.717) is 60.7 Å². The molecule has 37 heteroatoms. The first-order valence-corrected chi connectivity index (χ1v) is 43.6. The largest absolute Gasteiger partial charge is 0.391 e. The highest BCUT2D eigenvalue weighted by atomic mass is 127. The van der Waals surface area contributed by atoms with Crippen molar-refractivity contribution in [1.29, 1.82) is 0 Å². The number of likely N-dealkylation sites (tertiary alicyclic amines) is 2.